The number of carbonyl (C=O) groups is 1. The zero-order valence-corrected chi connectivity index (χ0v) is 11.1. The van der Waals surface area contributed by atoms with E-state index in [1.165, 1.54) is 0 Å². The number of hydrogen-bond donors (Lipinski definition) is 2. The number of amides is 1. The SMILES string of the molecule is O=C(O)NC1CCN(CC2CCC(F)(F)CC2)CC1. The Balaban J connectivity index is 1.67. The number of carboxylic acid groups (broad SMARTS) is 1. The maximum atomic E-state index is 13.1. The van der Waals surface area contributed by atoms with Gasteiger partial charge in [0.15, 0.2) is 0 Å². The fourth-order valence-electron chi connectivity index (χ4n) is 3.08. The molecule has 1 amide bonds. The summed E-state index contributed by atoms with van der Waals surface area (Å²) in [6.07, 6.45) is 1.93. The van der Waals surface area contributed by atoms with E-state index in [0.717, 1.165) is 32.5 Å². The number of alkyl halides is 2. The van der Waals surface area contributed by atoms with Gasteiger partial charge in [-0.15, -0.1) is 0 Å². The molecule has 2 rings (SSSR count). The summed E-state index contributed by atoms with van der Waals surface area (Å²) in [5, 5.41) is 11.2. The first-order valence-corrected chi connectivity index (χ1v) is 7.04. The average Bonchev–Trinajstić information content (AvgIpc) is 2.34. The van der Waals surface area contributed by atoms with Gasteiger partial charge >= 0.3 is 6.09 Å². The van der Waals surface area contributed by atoms with Crippen molar-refractivity contribution in [3.63, 3.8) is 0 Å². The van der Waals surface area contributed by atoms with E-state index in [1.54, 1.807) is 0 Å². The molecule has 4 nitrogen and oxygen atoms in total. The first kappa shape index (κ1) is 14.5. The second-order valence-corrected chi connectivity index (χ2v) is 5.82. The van der Waals surface area contributed by atoms with Crippen molar-refractivity contribution in [2.75, 3.05) is 19.6 Å². The lowest BCUT2D eigenvalue weighted by Gasteiger charge is -2.36. The molecule has 2 N–H and O–H groups in total. The number of rotatable bonds is 3. The Morgan fingerprint density at radius 2 is 1.79 bits per heavy atom. The summed E-state index contributed by atoms with van der Waals surface area (Å²) in [6, 6.07) is 0.0458. The highest BCUT2D eigenvalue weighted by molar-refractivity contribution is 5.64. The molecular weight excluding hydrogens is 254 g/mol. The van der Waals surface area contributed by atoms with Crippen LogP contribution in [0.15, 0.2) is 0 Å². The van der Waals surface area contributed by atoms with E-state index in [4.69, 9.17) is 5.11 Å². The summed E-state index contributed by atoms with van der Waals surface area (Å²) in [6.45, 7) is 2.60. The normalized spacial score (nSPS) is 26.2. The second kappa shape index (κ2) is 6.03. The molecule has 1 saturated carbocycles. The monoisotopic (exact) mass is 276 g/mol. The number of likely N-dealkylation sites (tertiary alicyclic amines) is 1. The van der Waals surface area contributed by atoms with E-state index in [-0.39, 0.29) is 18.9 Å². The van der Waals surface area contributed by atoms with Crippen LogP contribution < -0.4 is 5.32 Å². The van der Waals surface area contributed by atoms with Gasteiger partial charge < -0.3 is 15.3 Å². The molecular formula is C13H22F2N2O2. The van der Waals surface area contributed by atoms with Crippen LogP contribution in [0.1, 0.15) is 38.5 Å². The van der Waals surface area contributed by atoms with Gasteiger partial charge in [0.2, 0.25) is 5.92 Å². The Morgan fingerprint density at radius 3 is 2.32 bits per heavy atom. The summed E-state index contributed by atoms with van der Waals surface area (Å²) >= 11 is 0. The average molecular weight is 276 g/mol. The Kier molecular flexibility index (Phi) is 4.60. The molecule has 1 saturated heterocycles. The minimum Gasteiger partial charge on any atom is -0.465 e. The van der Waals surface area contributed by atoms with Gasteiger partial charge in [-0.2, -0.15) is 0 Å². The quantitative estimate of drug-likeness (QED) is 0.833. The van der Waals surface area contributed by atoms with E-state index in [1.807, 2.05) is 0 Å². The first-order chi connectivity index (χ1) is 8.94. The third-order valence-electron chi connectivity index (χ3n) is 4.27. The molecule has 1 aliphatic carbocycles. The van der Waals surface area contributed by atoms with Crippen LogP contribution in [0.4, 0.5) is 13.6 Å². The van der Waals surface area contributed by atoms with Gasteiger partial charge in [-0.1, -0.05) is 0 Å². The van der Waals surface area contributed by atoms with Crippen LogP contribution in [0, 0.1) is 5.92 Å². The van der Waals surface area contributed by atoms with Gasteiger partial charge in [-0.05, 0) is 31.6 Å². The zero-order valence-electron chi connectivity index (χ0n) is 11.1. The lowest BCUT2D eigenvalue weighted by atomic mass is 9.86. The molecule has 0 aromatic carbocycles. The van der Waals surface area contributed by atoms with Gasteiger partial charge in [0.25, 0.3) is 0 Å². The van der Waals surface area contributed by atoms with Gasteiger partial charge in [0, 0.05) is 38.5 Å². The molecule has 110 valence electrons. The molecule has 0 aromatic rings. The number of nitrogens with zero attached hydrogens (tertiary/aromatic N) is 1. The molecule has 0 radical (unpaired) electrons. The molecule has 2 fully saturated rings. The van der Waals surface area contributed by atoms with E-state index in [0.29, 0.717) is 18.8 Å². The summed E-state index contributed by atoms with van der Waals surface area (Å²) in [5.74, 6) is -2.07. The Hall–Kier alpha value is -0.910. The van der Waals surface area contributed by atoms with Crippen LogP contribution in [-0.4, -0.2) is 47.7 Å². The highest BCUT2D eigenvalue weighted by Crippen LogP contribution is 2.36. The van der Waals surface area contributed by atoms with E-state index >= 15 is 0 Å². The van der Waals surface area contributed by atoms with Crippen LogP contribution in [0.5, 0.6) is 0 Å². The van der Waals surface area contributed by atoms with Gasteiger partial charge in [0.05, 0.1) is 0 Å². The van der Waals surface area contributed by atoms with Crippen LogP contribution in [0.2, 0.25) is 0 Å². The molecule has 19 heavy (non-hydrogen) atoms. The lowest BCUT2D eigenvalue weighted by Crippen LogP contribution is -2.45. The van der Waals surface area contributed by atoms with E-state index in [2.05, 4.69) is 10.2 Å². The second-order valence-electron chi connectivity index (χ2n) is 5.82. The number of halogens is 2. The highest BCUT2D eigenvalue weighted by atomic mass is 19.3. The van der Waals surface area contributed by atoms with E-state index in [9.17, 15) is 13.6 Å². The standard InChI is InChI=1S/C13H22F2N2O2/c14-13(15)5-1-10(2-6-13)9-17-7-3-11(4-8-17)16-12(18)19/h10-11,16H,1-9H2,(H,18,19). The predicted molar refractivity (Wildman–Crippen MR) is 67.5 cm³/mol. The van der Waals surface area contributed by atoms with Crippen LogP contribution in [-0.2, 0) is 0 Å². The van der Waals surface area contributed by atoms with Crippen LogP contribution in [0.25, 0.3) is 0 Å². The third-order valence-corrected chi connectivity index (χ3v) is 4.27. The molecule has 0 bridgehead atoms. The van der Waals surface area contributed by atoms with Gasteiger partial charge in [0.1, 0.15) is 0 Å². The molecule has 2 aliphatic rings. The van der Waals surface area contributed by atoms with Crippen molar-refractivity contribution in [1.29, 1.82) is 0 Å². The third kappa shape index (κ3) is 4.60. The lowest BCUT2D eigenvalue weighted by molar-refractivity contribution is -0.0494. The molecule has 0 aromatic heterocycles. The number of nitrogens with one attached hydrogen (secondary N) is 1. The smallest absolute Gasteiger partial charge is 0.404 e. The summed E-state index contributed by atoms with van der Waals surface area (Å²) in [4.78, 5) is 12.8. The fraction of sp³-hybridized carbons (Fsp3) is 0.923. The van der Waals surface area contributed by atoms with Gasteiger partial charge in [-0.3, -0.25) is 0 Å². The number of hydrogen-bond acceptors (Lipinski definition) is 2. The molecule has 0 atom stereocenters. The molecule has 6 heteroatoms. The van der Waals surface area contributed by atoms with Crippen molar-refractivity contribution >= 4 is 6.09 Å². The minimum atomic E-state index is -2.45. The van der Waals surface area contributed by atoms with Crippen molar-refractivity contribution in [1.82, 2.24) is 10.2 Å². The summed E-state index contributed by atoms with van der Waals surface area (Å²) in [5.41, 5.74) is 0. The summed E-state index contributed by atoms with van der Waals surface area (Å²) < 4.78 is 26.1. The van der Waals surface area contributed by atoms with Crippen molar-refractivity contribution < 1.29 is 18.7 Å². The first-order valence-electron chi connectivity index (χ1n) is 7.04. The van der Waals surface area contributed by atoms with Crippen molar-refractivity contribution in [2.45, 2.75) is 50.5 Å². The maximum Gasteiger partial charge on any atom is 0.404 e. The van der Waals surface area contributed by atoms with Gasteiger partial charge in [-0.25, -0.2) is 13.6 Å². The minimum absolute atomic E-state index is 0.0225. The Morgan fingerprint density at radius 1 is 1.21 bits per heavy atom. The molecule has 1 aliphatic heterocycles. The predicted octanol–water partition coefficient (Wildman–Crippen LogP) is 2.54. The van der Waals surface area contributed by atoms with Crippen LogP contribution in [0.3, 0.4) is 0 Å². The fourth-order valence-corrected chi connectivity index (χ4v) is 3.08. The topological polar surface area (TPSA) is 52.6 Å². The molecule has 1 heterocycles. The van der Waals surface area contributed by atoms with Crippen molar-refractivity contribution in [3.8, 4) is 0 Å². The van der Waals surface area contributed by atoms with Crippen molar-refractivity contribution in [3.05, 3.63) is 0 Å². The Bertz CT molecular complexity index is 308. The molecule has 0 spiro atoms. The Labute approximate surface area is 112 Å². The highest BCUT2D eigenvalue weighted by Gasteiger charge is 2.35. The maximum absolute atomic E-state index is 13.1. The van der Waals surface area contributed by atoms with Crippen LogP contribution >= 0.6 is 0 Å². The zero-order chi connectivity index (χ0) is 13.9. The largest absolute Gasteiger partial charge is 0.465 e. The number of piperidine rings is 1. The molecule has 0 unspecified atom stereocenters. The summed E-state index contributed by atoms with van der Waals surface area (Å²) in [7, 11) is 0. The van der Waals surface area contributed by atoms with Crippen molar-refractivity contribution in [2.24, 2.45) is 5.92 Å². The van der Waals surface area contributed by atoms with E-state index < -0.39 is 12.0 Å².